The first-order valence-electron chi connectivity index (χ1n) is 9.28. The number of nitrogens with zero attached hydrogens (tertiary/aromatic N) is 2. The van der Waals surface area contributed by atoms with Crippen LogP contribution >= 0.6 is 11.3 Å². The molecule has 1 aromatic carbocycles. The van der Waals surface area contributed by atoms with E-state index in [-0.39, 0.29) is 22.4 Å². The van der Waals surface area contributed by atoms with Crippen LogP contribution in [0.3, 0.4) is 0 Å². The summed E-state index contributed by atoms with van der Waals surface area (Å²) in [5.74, 6) is -0.0363. The molecular formula is C20H20N2O5S2. The second-order valence-electron chi connectivity index (χ2n) is 6.67. The van der Waals surface area contributed by atoms with E-state index < -0.39 is 16.0 Å². The van der Waals surface area contributed by atoms with Crippen molar-refractivity contribution in [1.29, 1.82) is 0 Å². The molecule has 152 valence electrons. The fourth-order valence-corrected chi connectivity index (χ4v) is 6.26. The van der Waals surface area contributed by atoms with Crippen LogP contribution in [0.25, 0.3) is 10.6 Å². The maximum absolute atomic E-state index is 13.1. The third-order valence-corrected chi connectivity index (χ3v) is 8.27. The summed E-state index contributed by atoms with van der Waals surface area (Å²) in [5, 5.41) is 3.70. The highest BCUT2D eigenvalue weighted by atomic mass is 32.2. The second kappa shape index (κ2) is 8.10. The summed E-state index contributed by atoms with van der Waals surface area (Å²) in [4.78, 5) is 12.3. The molecule has 3 heterocycles. The monoisotopic (exact) mass is 432 g/mol. The van der Waals surface area contributed by atoms with Crippen molar-refractivity contribution < 1.29 is 22.5 Å². The van der Waals surface area contributed by atoms with Crippen LogP contribution in [0.15, 0.2) is 57.3 Å². The number of thiophene rings is 1. The fraction of sp³-hybridized carbons (Fsp3) is 0.300. The molecule has 1 aliphatic heterocycles. The highest BCUT2D eigenvalue weighted by molar-refractivity contribution is 7.91. The lowest BCUT2D eigenvalue weighted by Crippen LogP contribution is -2.28. The number of aromatic nitrogens is 1. The molecule has 3 aromatic rings. The molecule has 1 saturated heterocycles. The minimum atomic E-state index is -3.59. The Balaban J connectivity index is 1.51. The van der Waals surface area contributed by atoms with Gasteiger partial charge in [-0.3, -0.25) is 0 Å². The molecule has 0 aliphatic carbocycles. The van der Waals surface area contributed by atoms with Gasteiger partial charge in [-0.15, -0.1) is 11.3 Å². The summed E-state index contributed by atoms with van der Waals surface area (Å²) < 4.78 is 38.0. The van der Waals surface area contributed by atoms with Gasteiger partial charge < -0.3 is 9.26 Å². The molecule has 0 N–H and O–H groups in total. The summed E-state index contributed by atoms with van der Waals surface area (Å²) in [6, 6.07) is 14.7. The van der Waals surface area contributed by atoms with Gasteiger partial charge in [-0.2, -0.15) is 4.31 Å². The predicted molar refractivity (Wildman–Crippen MR) is 108 cm³/mol. The molecule has 0 spiro atoms. The van der Waals surface area contributed by atoms with Crippen molar-refractivity contribution in [1.82, 2.24) is 9.46 Å². The molecule has 4 rings (SSSR count). The highest BCUT2D eigenvalue weighted by Crippen LogP contribution is 2.36. The molecule has 7 nitrogen and oxygen atoms in total. The maximum atomic E-state index is 13.1. The van der Waals surface area contributed by atoms with Gasteiger partial charge >= 0.3 is 5.97 Å². The van der Waals surface area contributed by atoms with Crippen LogP contribution in [0, 0.1) is 0 Å². The van der Waals surface area contributed by atoms with Crippen molar-refractivity contribution in [3.8, 4) is 10.6 Å². The number of benzene rings is 1. The van der Waals surface area contributed by atoms with Crippen molar-refractivity contribution in [2.75, 3.05) is 19.7 Å². The van der Waals surface area contributed by atoms with Crippen molar-refractivity contribution in [3.05, 3.63) is 59.8 Å². The number of hydrogen-bond donors (Lipinski definition) is 0. The van der Waals surface area contributed by atoms with E-state index in [2.05, 4.69) is 5.16 Å². The molecule has 9 heteroatoms. The molecule has 1 unspecified atom stereocenters. The molecule has 1 atom stereocenters. The molecule has 1 aliphatic rings. The summed E-state index contributed by atoms with van der Waals surface area (Å²) in [6.07, 6.45) is 0.798. The van der Waals surface area contributed by atoms with Gasteiger partial charge in [0, 0.05) is 19.2 Å². The molecule has 0 radical (unpaired) electrons. The standard InChI is InChI=1S/C20H20N2O5S2/c1-2-26-20(23)16-12-17(27-21-16)18-8-9-19(28-18)29(24,25)22-11-10-15(13-22)14-6-4-3-5-7-14/h3-9,12,15H,2,10-11,13H2,1H3. The Labute approximate surface area is 172 Å². The van der Waals surface area contributed by atoms with Crippen molar-refractivity contribution in [3.63, 3.8) is 0 Å². The number of ether oxygens (including phenoxy) is 1. The van der Waals surface area contributed by atoms with Crippen molar-refractivity contribution >= 4 is 27.3 Å². The van der Waals surface area contributed by atoms with E-state index in [0.29, 0.717) is 23.7 Å². The first-order chi connectivity index (χ1) is 14.0. The predicted octanol–water partition coefficient (Wildman–Crippen LogP) is 3.76. The minimum absolute atomic E-state index is 0.0601. The lowest BCUT2D eigenvalue weighted by Gasteiger charge is -2.15. The average Bonchev–Trinajstić information content (AvgIpc) is 3.49. The molecule has 0 amide bonds. The largest absolute Gasteiger partial charge is 0.461 e. The fourth-order valence-electron chi connectivity index (χ4n) is 3.35. The molecule has 1 fully saturated rings. The Kier molecular flexibility index (Phi) is 5.53. The van der Waals surface area contributed by atoms with Gasteiger partial charge in [-0.1, -0.05) is 35.5 Å². The lowest BCUT2D eigenvalue weighted by atomic mass is 9.99. The zero-order valence-corrected chi connectivity index (χ0v) is 17.4. The first kappa shape index (κ1) is 19.8. The number of hydrogen-bond acceptors (Lipinski definition) is 7. The summed E-state index contributed by atoms with van der Waals surface area (Å²) in [7, 11) is -3.59. The highest BCUT2D eigenvalue weighted by Gasteiger charge is 2.34. The van der Waals surface area contributed by atoms with Crippen molar-refractivity contribution in [2.24, 2.45) is 0 Å². The van der Waals surface area contributed by atoms with Crippen molar-refractivity contribution in [2.45, 2.75) is 23.5 Å². The maximum Gasteiger partial charge on any atom is 0.360 e. The number of rotatable bonds is 6. The normalized spacial score (nSPS) is 17.5. The smallest absolute Gasteiger partial charge is 0.360 e. The Morgan fingerprint density at radius 3 is 2.83 bits per heavy atom. The van der Waals surface area contributed by atoms with E-state index in [0.717, 1.165) is 23.3 Å². The SMILES string of the molecule is CCOC(=O)c1cc(-c2ccc(S(=O)(=O)N3CCC(c4ccccc4)C3)s2)on1. The Bertz CT molecular complexity index is 1100. The van der Waals surface area contributed by atoms with Crippen LogP contribution in [-0.4, -0.2) is 43.5 Å². The van der Waals surface area contributed by atoms with E-state index in [4.69, 9.17) is 9.26 Å². The third-order valence-electron chi connectivity index (χ3n) is 4.84. The van der Waals surface area contributed by atoms with E-state index >= 15 is 0 Å². The molecule has 0 bridgehead atoms. The molecule has 0 saturated carbocycles. The van der Waals surface area contributed by atoms with Crippen LogP contribution < -0.4 is 0 Å². The first-order valence-corrected chi connectivity index (χ1v) is 11.5. The number of esters is 1. The van der Waals surface area contributed by atoms with Gasteiger partial charge in [0.15, 0.2) is 11.5 Å². The summed E-state index contributed by atoms with van der Waals surface area (Å²) in [6.45, 7) is 2.90. The molecule has 2 aromatic heterocycles. The van der Waals surface area contributed by atoms with E-state index in [1.54, 1.807) is 19.1 Å². The number of carbonyl (C=O) groups excluding carboxylic acids is 1. The molecular weight excluding hydrogens is 412 g/mol. The summed E-state index contributed by atoms with van der Waals surface area (Å²) >= 11 is 1.10. The van der Waals surface area contributed by atoms with Gasteiger partial charge in [0.05, 0.1) is 11.5 Å². The van der Waals surface area contributed by atoms with Crippen LogP contribution in [-0.2, 0) is 14.8 Å². The Morgan fingerprint density at radius 2 is 2.07 bits per heavy atom. The number of carbonyl (C=O) groups is 1. The van der Waals surface area contributed by atoms with Crippen LogP contribution in [0.2, 0.25) is 0 Å². The van der Waals surface area contributed by atoms with E-state index in [1.165, 1.54) is 10.4 Å². The summed E-state index contributed by atoms with van der Waals surface area (Å²) in [5.41, 5.74) is 1.22. The topological polar surface area (TPSA) is 89.7 Å². The van der Waals surface area contributed by atoms with Gasteiger partial charge in [-0.05, 0) is 37.0 Å². The van der Waals surface area contributed by atoms with Gasteiger partial charge in [0.25, 0.3) is 10.0 Å². The van der Waals surface area contributed by atoms with Crippen LogP contribution in [0.1, 0.15) is 35.3 Å². The quantitative estimate of drug-likeness (QED) is 0.551. The average molecular weight is 433 g/mol. The van der Waals surface area contributed by atoms with Gasteiger partial charge in [0.2, 0.25) is 0 Å². The Hall–Kier alpha value is -2.49. The van der Waals surface area contributed by atoms with E-state index in [1.807, 2.05) is 30.3 Å². The Morgan fingerprint density at radius 1 is 1.28 bits per heavy atom. The van der Waals surface area contributed by atoms with Gasteiger partial charge in [0.1, 0.15) is 4.21 Å². The van der Waals surface area contributed by atoms with E-state index in [9.17, 15) is 13.2 Å². The van der Waals surface area contributed by atoms with Gasteiger partial charge in [-0.25, -0.2) is 13.2 Å². The zero-order valence-electron chi connectivity index (χ0n) is 15.8. The lowest BCUT2D eigenvalue weighted by molar-refractivity contribution is 0.0514. The second-order valence-corrected chi connectivity index (χ2v) is 9.92. The zero-order chi connectivity index (χ0) is 20.4. The third kappa shape index (κ3) is 3.98. The minimum Gasteiger partial charge on any atom is -0.461 e. The number of sulfonamides is 1. The van der Waals surface area contributed by atoms with Crippen LogP contribution in [0.5, 0.6) is 0 Å². The van der Waals surface area contributed by atoms with Crippen LogP contribution in [0.4, 0.5) is 0 Å². The molecule has 29 heavy (non-hydrogen) atoms.